The van der Waals surface area contributed by atoms with E-state index in [4.69, 9.17) is 25.5 Å². The van der Waals surface area contributed by atoms with Gasteiger partial charge >= 0.3 is 5.97 Å². The van der Waals surface area contributed by atoms with Crippen LogP contribution in [0.1, 0.15) is 26.5 Å². The van der Waals surface area contributed by atoms with Crippen LogP contribution in [0.25, 0.3) is 11.0 Å². The smallest absolute Gasteiger partial charge is 0.341 e. The minimum absolute atomic E-state index is 0.184. The topological polar surface area (TPSA) is 77.8 Å². The fourth-order valence-electron chi connectivity index (χ4n) is 2.53. The van der Waals surface area contributed by atoms with Gasteiger partial charge in [0.25, 0.3) is 5.91 Å². The third kappa shape index (κ3) is 3.65. The van der Waals surface area contributed by atoms with Crippen molar-refractivity contribution < 1.29 is 23.5 Å². The number of ether oxygens (including phenoxy) is 2. The van der Waals surface area contributed by atoms with Gasteiger partial charge in [0.2, 0.25) is 0 Å². The Bertz CT molecular complexity index is 979. The Morgan fingerprint density at radius 1 is 1.12 bits per heavy atom. The molecule has 6 nitrogen and oxygen atoms in total. The highest BCUT2D eigenvalue weighted by molar-refractivity contribution is 6.31. The normalized spacial score (nSPS) is 10.6. The third-order valence-corrected chi connectivity index (χ3v) is 4.06. The van der Waals surface area contributed by atoms with Gasteiger partial charge in [-0.05, 0) is 42.0 Å². The van der Waals surface area contributed by atoms with Gasteiger partial charge in [0.05, 0.1) is 14.2 Å². The molecule has 0 saturated carbocycles. The Morgan fingerprint density at radius 3 is 2.65 bits per heavy atom. The van der Waals surface area contributed by atoms with Crippen molar-refractivity contribution in [2.75, 3.05) is 14.2 Å². The summed E-state index contributed by atoms with van der Waals surface area (Å²) in [6.45, 7) is 0.213. The van der Waals surface area contributed by atoms with Gasteiger partial charge in [0.1, 0.15) is 16.9 Å². The predicted octanol–water partition coefficient (Wildman–Crippen LogP) is 3.81. The molecule has 1 heterocycles. The molecule has 7 heteroatoms. The van der Waals surface area contributed by atoms with Gasteiger partial charge in [-0.3, -0.25) is 4.79 Å². The van der Waals surface area contributed by atoms with Crippen molar-refractivity contribution in [3.8, 4) is 5.75 Å². The van der Waals surface area contributed by atoms with Gasteiger partial charge in [-0.1, -0.05) is 17.7 Å². The minimum atomic E-state index is -0.510. The van der Waals surface area contributed by atoms with Crippen molar-refractivity contribution in [2.45, 2.75) is 6.54 Å². The van der Waals surface area contributed by atoms with Crippen LogP contribution in [0.2, 0.25) is 5.02 Å². The van der Waals surface area contributed by atoms with Crippen LogP contribution < -0.4 is 10.1 Å². The summed E-state index contributed by atoms with van der Waals surface area (Å²) in [5.41, 5.74) is 1.59. The number of hydrogen-bond donors (Lipinski definition) is 1. The van der Waals surface area contributed by atoms with Gasteiger partial charge < -0.3 is 19.2 Å². The number of rotatable bonds is 5. The highest BCUT2D eigenvalue weighted by Crippen LogP contribution is 2.23. The molecule has 0 aliphatic carbocycles. The Morgan fingerprint density at radius 2 is 1.92 bits per heavy atom. The monoisotopic (exact) mass is 373 g/mol. The highest BCUT2D eigenvalue weighted by Gasteiger charge is 2.15. The number of benzene rings is 2. The van der Waals surface area contributed by atoms with Crippen molar-refractivity contribution in [1.29, 1.82) is 0 Å². The van der Waals surface area contributed by atoms with Crippen molar-refractivity contribution in [2.24, 2.45) is 0 Å². The molecule has 0 saturated heterocycles. The van der Waals surface area contributed by atoms with Crippen molar-refractivity contribution in [3.05, 3.63) is 64.4 Å². The zero-order chi connectivity index (χ0) is 18.7. The van der Waals surface area contributed by atoms with Crippen LogP contribution in [0.5, 0.6) is 5.75 Å². The van der Waals surface area contributed by atoms with Crippen molar-refractivity contribution >= 4 is 34.4 Å². The molecule has 3 rings (SSSR count). The molecule has 0 aliphatic rings. The van der Waals surface area contributed by atoms with Crippen LogP contribution >= 0.6 is 11.6 Å². The Hall–Kier alpha value is -2.99. The lowest BCUT2D eigenvalue weighted by atomic mass is 10.1. The molecule has 0 aliphatic heterocycles. The highest BCUT2D eigenvalue weighted by atomic mass is 35.5. The summed E-state index contributed by atoms with van der Waals surface area (Å²) in [5, 5.41) is 4.07. The van der Waals surface area contributed by atoms with Gasteiger partial charge in [0, 0.05) is 17.0 Å². The van der Waals surface area contributed by atoms with E-state index in [-0.39, 0.29) is 18.2 Å². The second kappa shape index (κ2) is 7.49. The lowest BCUT2D eigenvalue weighted by Gasteiger charge is -2.09. The van der Waals surface area contributed by atoms with Crippen LogP contribution in [0.4, 0.5) is 0 Å². The van der Waals surface area contributed by atoms with Crippen LogP contribution in [0.15, 0.2) is 46.9 Å². The molecule has 1 N–H and O–H groups in total. The summed E-state index contributed by atoms with van der Waals surface area (Å²) >= 11 is 5.94. The van der Waals surface area contributed by atoms with Gasteiger partial charge in [-0.15, -0.1) is 0 Å². The molecular weight excluding hydrogens is 358 g/mol. The van der Waals surface area contributed by atoms with E-state index in [1.807, 2.05) is 0 Å². The molecule has 2 aromatic carbocycles. The average molecular weight is 374 g/mol. The number of carbonyl (C=O) groups is 2. The number of amides is 1. The zero-order valence-corrected chi connectivity index (χ0v) is 14.9. The first-order valence-electron chi connectivity index (χ1n) is 7.74. The molecule has 0 unspecified atom stereocenters. The summed E-state index contributed by atoms with van der Waals surface area (Å²) in [6.07, 6.45) is 0. The quantitative estimate of drug-likeness (QED) is 0.688. The number of furan rings is 1. The zero-order valence-electron chi connectivity index (χ0n) is 14.2. The van der Waals surface area contributed by atoms with Crippen LogP contribution in [0, 0.1) is 0 Å². The number of esters is 1. The molecule has 3 aromatic rings. The third-order valence-electron chi connectivity index (χ3n) is 3.82. The maximum absolute atomic E-state index is 12.3. The largest absolute Gasteiger partial charge is 0.496 e. The molecule has 26 heavy (non-hydrogen) atoms. The Balaban J connectivity index is 1.75. The molecule has 0 bridgehead atoms. The van der Waals surface area contributed by atoms with E-state index in [2.05, 4.69) is 5.32 Å². The second-order valence-corrected chi connectivity index (χ2v) is 5.94. The number of nitrogens with one attached hydrogen (secondary N) is 1. The number of fused-ring (bicyclic) bond motifs is 1. The van der Waals surface area contributed by atoms with E-state index in [1.54, 1.807) is 42.5 Å². The molecule has 0 spiro atoms. The van der Waals surface area contributed by atoms with E-state index in [0.717, 1.165) is 10.9 Å². The summed E-state index contributed by atoms with van der Waals surface area (Å²) in [7, 11) is 2.76. The average Bonchev–Trinajstić information content (AvgIpc) is 3.08. The van der Waals surface area contributed by atoms with Crippen molar-refractivity contribution in [1.82, 2.24) is 5.32 Å². The fraction of sp³-hybridized carbons (Fsp3) is 0.158. The summed E-state index contributed by atoms with van der Waals surface area (Å²) in [5.74, 6) is -0.290. The summed E-state index contributed by atoms with van der Waals surface area (Å²) in [6, 6.07) is 11.8. The number of halogens is 1. The first-order valence-corrected chi connectivity index (χ1v) is 8.12. The van der Waals surface area contributed by atoms with E-state index < -0.39 is 5.97 Å². The Kier molecular flexibility index (Phi) is 5.14. The summed E-state index contributed by atoms with van der Waals surface area (Å²) in [4.78, 5) is 24.1. The molecule has 1 aromatic heterocycles. The molecule has 1 amide bonds. The van der Waals surface area contributed by atoms with E-state index in [1.165, 1.54) is 14.2 Å². The predicted molar refractivity (Wildman–Crippen MR) is 96.7 cm³/mol. The fourth-order valence-corrected chi connectivity index (χ4v) is 2.71. The molecule has 0 radical (unpaired) electrons. The van der Waals surface area contributed by atoms with E-state index >= 15 is 0 Å². The molecule has 0 atom stereocenters. The van der Waals surface area contributed by atoms with Gasteiger partial charge in [-0.2, -0.15) is 0 Å². The molecular formula is C19H16ClNO5. The Labute approximate surface area is 154 Å². The number of carbonyl (C=O) groups excluding carboxylic acids is 2. The lowest BCUT2D eigenvalue weighted by molar-refractivity contribution is 0.0597. The van der Waals surface area contributed by atoms with E-state index in [9.17, 15) is 9.59 Å². The second-order valence-electron chi connectivity index (χ2n) is 5.50. The van der Waals surface area contributed by atoms with Gasteiger partial charge in [0.15, 0.2) is 5.76 Å². The van der Waals surface area contributed by atoms with Crippen LogP contribution in [-0.2, 0) is 11.3 Å². The van der Waals surface area contributed by atoms with E-state index in [0.29, 0.717) is 21.9 Å². The SMILES string of the molecule is COC(=O)c1cc(CNC(=O)c2cc3cc(Cl)ccc3o2)ccc1OC. The first kappa shape index (κ1) is 17.8. The first-order chi connectivity index (χ1) is 12.5. The summed E-state index contributed by atoms with van der Waals surface area (Å²) < 4.78 is 15.4. The minimum Gasteiger partial charge on any atom is -0.496 e. The maximum Gasteiger partial charge on any atom is 0.341 e. The molecule has 0 fully saturated rings. The standard InChI is InChI=1S/C19H16ClNO5/c1-24-16-5-3-11(7-14(16)19(23)25-2)10-21-18(22)17-9-12-8-13(20)4-6-15(12)26-17/h3-9H,10H2,1-2H3,(H,21,22). The maximum atomic E-state index is 12.3. The van der Waals surface area contributed by atoms with Gasteiger partial charge in [-0.25, -0.2) is 4.79 Å². The number of methoxy groups -OCH3 is 2. The van der Waals surface area contributed by atoms with Crippen LogP contribution in [-0.4, -0.2) is 26.1 Å². The molecule has 134 valence electrons. The van der Waals surface area contributed by atoms with Crippen LogP contribution in [0.3, 0.4) is 0 Å². The van der Waals surface area contributed by atoms with Crippen molar-refractivity contribution in [3.63, 3.8) is 0 Å². The lowest BCUT2D eigenvalue weighted by Crippen LogP contribution is -2.22. The number of hydrogen-bond acceptors (Lipinski definition) is 5.